The minimum Gasteiger partial charge on any atom is -0.665 e. The van der Waals surface area contributed by atoms with E-state index in [1.807, 2.05) is 13.8 Å². The molecule has 0 aliphatic heterocycles. The standard InChI is InChI=1S/C12H20N.2C3H8N.CH3.Hf/c1-10(9-13-12(2,3)4)11-7-5-6-8-11;2*1-3-4-2;;/h5-7,10H,8-9H2,1-4H3;2*3H2,1-2H3;1H3;/q4*-1;+4. The van der Waals surface area contributed by atoms with Gasteiger partial charge in [0.25, 0.3) is 0 Å². The molecule has 1 atom stereocenters. The second kappa shape index (κ2) is 20.3. The topological polar surface area (TPSA) is 42.3 Å². The van der Waals surface area contributed by atoms with E-state index in [0.29, 0.717) is 5.92 Å². The van der Waals surface area contributed by atoms with Crippen LogP contribution in [0.3, 0.4) is 0 Å². The zero-order valence-electron chi connectivity index (χ0n) is 17.0. The third-order valence-corrected chi connectivity index (χ3v) is 2.90. The third-order valence-electron chi connectivity index (χ3n) is 2.90. The Bertz CT molecular complexity index is 273. The van der Waals surface area contributed by atoms with Gasteiger partial charge in [-0.1, -0.05) is 65.3 Å². The number of hydrogen-bond donors (Lipinski definition) is 0. The second-order valence-corrected chi connectivity index (χ2v) is 6.05. The molecule has 0 spiro atoms. The summed E-state index contributed by atoms with van der Waals surface area (Å²) in [7, 11) is 3.61. The summed E-state index contributed by atoms with van der Waals surface area (Å²) in [6.07, 6.45) is 7.70. The van der Waals surface area contributed by atoms with Crippen molar-refractivity contribution in [2.24, 2.45) is 5.92 Å². The van der Waals surface area contributed by atoms with Gasteiger partial charge >= 0.3 is 25.8 Å². The van der Waals surface area contributed by atoms with Crippen molar-refractivity contribution in [3.63, 3.8) is 0 Å². The molecule has 134 valence electrons. The molecule has 0 aromatic heterocycles. The average Bonchev–Trinajstić information content (AvgIpc) is 2.98. The van der Waals surface area contributed by atoms with Crippen LogP contribution in [0, 0.1) is 13.3 Å². The van der Waals surface area contributed by atoms with Crippen molar-refractivity contribution in [2.45, 2.75) is 53.5 Å². The van der Waals surface area contributed by atoms with Gasteiger partial charge in [0.05, 0.1) is 0 Å². The third kappa shape index (κ3) is 24.6. The molecule has 4 heteroatoms. The van der Waals surface area contributed by atoms with Gasteiger partial charge in [0, 0.05) is 0 Å². The molecule has 23 heavy (non-hydrogen) atoms. The van der Waals surface area contributed by atoms with Crippen molar-refractivity contribution >= 4 is 0 Å². The van der Waals surface area contributed by atoms with Gasteiger partial charge in [0.2, 0.25) is 0 Å². The maximum atomic E-state index is 4.63. The fourth-order valence-corrected chi connectivity index (χ4v) is 1.36. The maximum Gasteiger partial charge on any atom is 4.00 e. The Hall–Kier alpha value is 0.230. The molecular weight excluding hydrogens is 449 g/mol. The normalized spacial score (nSPS) is 13.3. The van der Waals surface area contributed by atoms with Crippen LogP contribution < -0.4 is 0 Å². The van der Waals surface area contributed by atoms with Crippen LogP contribution in [-0.4, -0.2) is 39.3 Å². The van der Waals surface area contributed by atoms with Crippen molar-refractivity contribution in [2.75, 3.05) is 33.7 Å². The summed E-state index contributed by atoms with van der Waals surface area (Å²) in [5, 5.41) is 12.1. The minimum atomic E-state index is 0. The van der Waals surface area contributed by atoms with E-state index in [2.05, 4.69) is 61.9 Å². The number of hydrogen-bond acceptors (Lipinski definition) is 0. The Balaban J connectivity index is -0.000000153. The van der Waals surface area contributed by atoms with E-state index >= 15 is 0 Å². The zero-order valence-corrected chi connectivity index (χ0v) is 20.6. The van der Waals surface area contributed by atoms with E-state index in [4.69, 9.17) is 0 Å². The van der Waals surface area contributed by atoms with Gasteiger partial charge in [-0.2, -0.15) is 27.2 Å². The largest absolute Gasteiger partial charge is 4.00 e. The van der Waals surface area contributed by atoms with Crippen molar-refractivity contribution in [1.29, 1.82) is 0 Å². The van der Waals surface area contributed by atoms with Crippen molar-refractivity contribution in [3.8, 4) is 0 Å². The van der Waals surface area contributed by atoms with Gasteiger partial charge in [0.1, 0.15) is 0 Å². The molecule has 0 saturated heterocycles. The van der Waals surface area contributed by atoms with Gasteiger partial charge in [-0.05, 0) is 12.3 Å². The first kappa shape index (κ1) is 31.0. The van der Waals surface area contributed by atoms with E-state index < -0.39 is 0 Å². The Morgan fingerprint density at radius 3 is 1.78 bits per heavy atom. The molecule has 0 bridgehead atoms. The molecule has 1 aliphatic rings. The molecule has 1 aliphatic carbocycles. The summed E-state index contributed by atoms with van der Waals surface area (Å²) in [6.45, 7) is 15.6. The van der Waals surface area contributed by atoms with Gasteiger partial charge < -0.3 is 23.4 Å². The molecule has 0 fully saturated rings. The average molecular weight is 488 g/mol. The van der Waals surface area contributed by atoms with Crippen LogP contribution in [0.2, 0.25) is 0 Å². The summed E-state index contributed by atoms with van der Waals surface area (Å²) in [5.74, 6) is 0.606. The quantitative estimate of drug-likeness (QED) is 0.330. The SMILES string of the molecule is CC(C[N-]C(C)(C)C)C1=CC=CC1.CC[N-]C.CC[N-]C.[CH3-].[Hf+4]. The molecule has 3 nitrogen and oxygen atoms in total. The molecule has 1 rings (SSSR count). The van der Waals surface area contributed by atoms with Crippen LogP contribution in [0.15, 0.2) is 23.8 Å². The summed E-state index contributed by atoms with van der Waals surface area (Å²) >= 11 is 0. The van der Waals surface area contributed by atoms with Crippen molar-refractivity contribution in [1.82, 2.24) is 0 Å². The van der Waals surface area contributed by atoms with Crippen LogP contribution in [0.5, 0.6) is 0 Å². The van der Waals surface area contributed by atoms with Crippen molar-refractivity contribution in [3.05, 3.63) is 47.2 Å². The van der Waals surface area contributed by atoms with Crippen molar-refractivity contribution < 1.29 is 25.8 Å². The Labute approximate surface area is 165 Å². The molecule has 0 aromatic rings. The zero-order chi connectivity index (χ0) is 16.7. The molecule has 0 N–H and O–H groups in total. The van der Waals surface area contributed by atoms with Crippen LogP contribution in [0.1, 0.15) is 48.0 Å². The van der Waals surface area contributed by atoms with E-state index in [1.54, 1.807) is 14.1 Å². The maximum absolute atomic E-state index is 4.63. The summed E-state index contributed by atoms with van der Waals surface area (Å²) in [6, 6.07) is 0. The molecule has 0 saturated carbocycles. The number of allylic oxidation sites excluding steroid dienone is 3. The Kier molecular flexibility index (Phi) is 27.4. The van der Waals surface area contributed by atoms with E-state index in [-0.39, 0.29) is 38.8 Å². The first-order chi connectivity index (χ1) is 9.82. The Morgan fingerprint density at radius 1 is 1.09 bits per heavy atom. The second-order valence-electron chi connectivity index (χ2n) is 6.05. The van der Waals surface area contributed by atoms with E-state index in [1.165, 1.54) is 5.57 Å². The number of rotatable bonds is 5. The monoisotopic (exact) mass is 489 g/mol. The first-order valence-electron chi connectivity index (χ1n) is 7.97. The molecule has 0 amide bonds. The van der Waals surface area contributed by atoms with Gasteiger partial charge in [-0.3, -0.25) is 0 Å². The first-order valence-corrected chi connectivity index (χ1v) is 7.97. The smallest absolute Gasteiger partial charge is 0.665 e. The van der Waals surface area contributed by atoms with Crippen LogP contribution in [0.4, 0.5) is 0 Å². The molecule has 1 unspecified atom stereocenters. The Morgan fingerprint density at radius 2 is 1.52 bits per heavy atom. The summed E-state index contributed by atoms with van der Waals surface area (Å²) in [4.78, 5) is 0. The fraction of sp³-hybridized carbons (Fsp3) is 0.737. The molecule has 0 aromatic carbocycles. The van der Waals surface area contributed by atoms with Crippen LogP contribution in [-0.2, 0) is 25.8 Å². The van der Waals surface area contributed by atoms with Crippen LogP contribution >= 0.6 is 0 Å². The van der Waals surface area contributed by atoms with E-state index in [0.717, 1.165) is 26.1 Å². The fourth-order valence-electron chi connectivity index (χ4n) is 1.36. The van der Waals surface area contributed by atoms with Gasteiger partial charge in [0.15, 0.2) is 0 Å². The van der Waals surface area contributed by atoms with Crippen LogP contribution in [0.25, 0.3) is 16.0 Å². The number of nitrogens with zero attached hydrogens (tertiary/aromatic N) is 3. The van der Waals surface area contributed by atoms with Gasteiger partial charge in [-0.25, -0.2) is 0 Å². The summed E-state index contributed by atoms with van der Waals surface area (Å²) < 4.78 is 0. The summed E-state index contributed by atoms with van der Waals surface area (Å²) in [5.41, 5.74) is 1.63. The van der Waals surface area contributed by atoms with E-state index in [9.17, 15) is 0 Å². The van der Waals surface area contributed by atoms with Gasteiger partial charge in [-0.15, -0.1) is 12.1 Å². The molecular formula is C19H39HfN3. The molecule has 0 heterocycles. The minimum absolute atomic E-state index is 0. The molecule has 0 radical (unpaired) electrons. The predicted molar refractivity (Wildman–Crippen MR) is 105 cm³/mol. The predicted octanol–water partition coefficient (Wildman–Crippen LogP) is 6.15.